The fraction of sp³-hybridized carbons (Fsp3) is 0.280. The smallest absolute Gasteiger partial charge is 0.241 e. The number of anilines is 2. The van der Waals surface area contributed by atoms with E-state index in [1.165, 1.54) is 0 Å². The molecule has 6 nitrogen and oxygen atoms in total. The molecule has 0 saturated carbocycles. The number of nitrogens with one attached hydrogen (secondary N) is 1. The molecule has 1 fully saturated rings. The van der Waals surface area contributed by atoms with Crippen LogP contribution in [0.3, 0.4) is 0 Å². The minimum Gasteiger partial charge on any atom is -0.489 e. The summed E-state index contributed by atoms with van der Waals surface area (Å²) in [6.07, 6.45) is 1.82. The zero-order chi connectivity index (χ0) is 21.5. The van der Waals surface area contributed by atoms with Crippen LogP contribution in [-0.2, 0) is 11.4 Å². The summed E-state index contributed by atoms with van der Waals surface area (Å²) in [5.74, 6) is 1.78. The molecular formula is C25H28N4O2. The molecule has 0 unspecified atom stereocenters. The van der Waals surface area contributed by atoms with E-state index >= 15 is 0 Å². The lowest BCUT2D eigenvalue weighted by Gasteiger charge is -2.37. The lowest BCUT2D eigenvalue weighted by Crippen LogP contribution is -2.53. The Kier molecular flexibility index (Phi) is 6.79. The zero-order valence-corrected chi connectivity index (χ0v) is 17.8. The van der Waals surface area contributed by atoms with Gasteiger partial charge in [-0.05, 0) is 48.9 Å². The number of pyridine rings is 1. The van der Waals surface area contributed by atoms with Crippen molar-refractivity contribution in [3.63, 3.8) is 0 Å². The van der Waals surface area contributed by atoms with Crippen LogP contribution < -0.4 is 15.0 Å². The van der Waals surface area contributed by atoms with Crippen molar-refractivity contribution in [3.8, 4) is 5.75 Å². The normalized spacial score (nSPS) is 15.3. The molecule has 1 saturated heterocycles. The van der Waals surface area contributed by atoms with Crippen LogP contribution in [0.2, 0.25) is 0 Å². The van der Waals surface area contributed by atoms with Crippen LogP contribution >= 0.6 is 0 Å². The third kappa shape index (κ3) is 5.61. The van der Waals surface area contributed by atoms with Crippen LogP contribution in [0.4, 0.5) is 11.5 Å². The maximum absolute atomic E-state index is 12.7. The van der Waals surface area contributed by atoms with Crippen molar-refractivity contribution in [1.82, 2.24) is 9.88 Å². The third-order valence-electron chi connectivity index (χ3n) is 5.58. The van der Waals surface area contributed by atoms with Gasteiger partial charge in [0.25, 0.3) is 0 Å². The Morgan fingerprint density at radius 1 is 0.968 bits per heavy atom. The first kappa shape index (κ1) is 20.9. The van der Waals surface area contributed by atoms with E-state index in [0.29, 0.717) is 6.61 Å². The topological polar surface area (TPSA) is 57.7 Å². The minimum absolute atomic E-state index is 0.00393. The molecule has 1 N–H and O–H groups in total. The number of amides is 1. The van der Waals surface area contributed by atoms with Gasteiger partial charge in [0.15, 0.2) is 0 Å². The highest BCUT2D eigenvalue weighted by Crippen LogP contribution is 2.19. The number of hydrogen-bond acceptors (Lipinski definition) is 5. The number of aromatic nitrogens is 1. The number of carbonyl (C=O) groups excluding carboxylic acids is 1. The third-order valence-corrected chi connectivity index (χ3v) is 5.58. The number of rotatable bonds is 7. The minimum atomic E-state index is -0.195. The SMILES string of the molecule is C[C@H](C(=O)Nc1ccc(OCc2ccccc2)cc1)N1CCN(c2ccccn2)CC1. The summed E-state index contributed by atoms with van der Waals surface area (Å²) in [7, 11) is 0. The first-order chi connectivity index (χ1) is 15.2. The Hall–Kier alpha value is -3.38. The van der Waals surface area contributed by atoms with Gasteiger partial charge in [0.05, 0.1) is 6.04 Å². The van der Waals surface area contributed by atoms with Gasteiger partial charge in [-0.2, -0.15) is 0 Å². The molecule has 1 amide bonds. The summed E-state index contributed by atoms with van der Waals surface area (Å²) in [5, 5.41) is 3.02. The fourth-order valence-corrected chi connectivity index (χ4v) is 3.67. The van der Waals surface area contributed by atoms with Crippen molar-refractivity contribution < 1.29 is 9.53 Å². The molecule has 160 valence electrons. The average molecular weight is 417 g/mol. The molecule has 1 aromatic heterocycles. The predicted molar refractivity (Wildman–Crippen MR) is 123 cm³/mol. The molecule has 0 bridgehead atoms. The van der Waals surface area contributed by atoms with Crippen molar-refractivity contribution in [2.75, 3.05) is 36.4 Å². The zero-order valence-electron chi connectivity index (χ0n) is 17.8. The number of ether oxygens (including phenoxy) is 1. The van der Waals surface area contributed by atoms with E-state index in [1.54, 1.807) is 0 Å². The summed E-state index contributed by atoms with van der Waals surface area (Å²) in [5.41, 5.74) is 1.90. The van der Waals surface area contributed by atoms with Crippen molar-refractivity contribution >= 4 is 17.4 Å². The monoisotopic (exact) mass is 416 g/mol. The van der Waals surface area contributed by atoms with Crippen LogP contribution in [0.15, 0.2) is 79.0 Å². The molecule has 3 aromatic rings. The van der Waals surface area contributed by atoms with Gasteiger partial charge in [-0.15, -0.1) is 0 Å². The Labute approximate surface area is 183 Å². The largest absolute Gasteiger partial charge is 0.489 e. The number of hydrogen-bond donors (Lipinski definition) is 1. The lowest BCUT2D eigenvalue weighted by molar-refractivity contribution is -0.120. The van der Waals surface area contributed by atoms with Gasteiger partial charge >= 0.3 is 0 Å². The molecule has 2 heterocycles. The van der Waals surface area contributed by atoms with Crippen molar-refractivity contribution in [2.45, 2.75) is 19.6 Å². The number of carbonyl (C=O) groups is 1. The predicted octanol–water partition coefficient (Wildman–Crippen LogP) is 3.81. The highest BCUT2D eigenvalue weighted by molar-refractivity contribution is 5.94. The van der Waals surface area contributed by atoms with Gasteiger partial charge in [0, 0.05) is 38.1 Å². The number of nitrogens with zero attached hydrogens (tertiary/aromatic N) is 3. The Balaban J connectivity index is 1.25. The molecule has 0 radical (unpaired) electrons. The highest BCUT2D eigenvalue weighted by Gasteiger charge is 2.26. The summed E-state index contributed by atoms with van der Waals surface area (Å²) in [6.45, 7) is 5.87. The van der Waals surface area contributed by atoms with Gasteiger partial charge in [0.2, 0.25) is 5.91 Å². The second-order valence-electron chi connectivity index (χ2n) is 7.67. The van der Waals surface area contributed by atoms with Crippen molar-refractivity contribution in [1.29, 1.82) is 0 Å². The van der Waals surface area contributed by atoms with Crippen LogP contribution in [0.25, 0.3) is 0 Å². The molecule has 1 atom stereocenters. The Morgan fingerprint density at radius 2 is 1.68 bits per heavy atom. The van der Waals surface area contributed by atoms with E-state index < -0.39 is 0 Å². The van der Waals surface area contributed by atoms with Gasteiger partial charge in [0.1, 0.15) is 18.2 Å². The molecule has 6 heteroatoms. The van der Waals surface area contributed by atoms with E-state index in [0.717, 1.165) is 49.0 Å². The molecule has 1 aliphatic heterocycles. The number of piperazine rings is 1. The summed E-state index contributed by atoms with van der Waals surface area (Å²) < 4.78 is 5.81. The van der Waals surface area contributed by atoms with E-state index in [1.807, 2.05) is 85.9 Å². The highest BCUT2D eigenvalue weighted by atomic mass is 16.5. The first-order valence-electron chi connectivity index (χ1n) is 10.7. The van der Waals surface area contributed by atoms with Gasteiger partial charge in [-0.1, -0.05) is 36.4 Å². The fourth-order valence-electron chi connectivity index (χ4n) is 3.67. The summed E-state index contributed by atoms with van der Waals surface area (Å²) in [4.78, 5) is 21.6. The maximum atomic E-state index is 12.7. The van der Waals surface area contributed by atoms with Gasteiger partial charge in [-0.25, -0.2) is 4.98 Å². The van der Waals surface area contributed by atoms with Crippen molar-refractivity contribution in [2.24, 2.45) is 0 Å². The molecule has 2 aromatic carbocycles. The van der Waals surface area contributed by atoms with E-state index in [9.17, 15) is 4.79 Å². The summed E-state index contributed by atoms with van der Waals surface area (Å²) in [6, 6.07) is 23.3. The van der Waals surface area contributed by atoms with Gasteiger partial charge < -0.3 is 15.0 Å². The van der Waals surface area contributed by atoms with Gasteiger partial charge in [-0.3, -0.25) is 9.69 Å². The molecule has 31 heavy (non-hydrogen) atoms. The van der Waals surface area contributed by atoms with E-state index in [-0.39, 0.29) is 11.9 Å². The van der Waals surface area contributed by atoms with E-state index in [4.69, 9.17) is 4.74 Å². The van der Waals surface area contributed by atoms with E-state index in [2.05, 4.69) is 20.1 Å². The Morgan fingerprint density at radius 3 is 2.35 bits per heavy atom. The van der Waals surface area contributed by atoms with Crippen LogP contribution in [-0.4, -0.2) is 48.0 Å². The van der Waals surface area contributed by atoms with Crippen molar-refractivity contribution in [3.05, 3.63) is 84.6 Å². The Bertz CT molecular complexity index is 956. The molecule has 0 aliphatic carbocycles. The van der Waals surface area contributed by atoms with Crippen LogP contribution in [0.5, 0.6) is 5.75 Å². The van der Waals surface area contributed by atoms with Crippen LogP contribution in [0, 0.1) is 0 Å². The second kappa shape index (κ2) is 10.1. The average Bonchev–Trinajstić information content (AvgIpc) is 2.84. The first-order valence-corrected chi connectivity index (χ1v) is 10.7. The summed E-state index contributed by atoms with van der Waals surface area (Å²) >= 11 is 0. The molecular weight excluding hydrogens is 388 g/mol. The number of benzene rings is 2. The quantitative estimate of drug-likeness (QED) is 0.635. The van der Waals surface area contributed by atoms with Crippen LogP contribution in [0.1, 0.15) is 12.5 Å². The molecule has 0 spiro atoms. The maximum Gasteiger partial charge on any atom is 0.241 e. The molecule has 4 rings (SSSR count). The standard InChI is InChI=1S/C25H28N4O2/c1-20(28-15-17-29(18-16-28)24-9-5-6-14-26-24)25(30)27-22-10-12-23(13-11-22)31-19-21-7-3-2-4-8-21/h2-14,20H,15-19H2,1H3,(H,27,30)/t20-/m1/s1. The molecule has 1 aliphatic rings. The lowest BCUT2D eigenvalue weighted by atomic mass is 10.2. The second-order valence-corrected chi connectivity index (χ2v) is 7.67.